The zero-order valence-electron chi connectivity index (χ0n) is 30.4. The van der Waals surface area contributed by atoms with Crippen LogP contribution in [0.4, 0.5) is 0 Å². The molecular formula is C44H48N3OPt-. The van der Waals surface area contributed by atoms with Gasteiger partial charge in [0.2, 0.25) is 0 Å². The van der Waals surface area contributed by atoms with E-state index in [1.54, 1.807) is 6.07 Å². The summed E-state index contributed by atoms with van der Waals surface area (Å²) in [5.41, 5.74) is 12.4. The summed E-state index contributed by atoms with van der Waals surface area (Å²) in [4.78, 5) is 10.2. The Morgan fingerprint density at radius 1 is 0.673 bits per heavy atom. The fourth-order valence-corrected chi connectivity index (χ4v) is 6.49. The van der Waals surface area contributed by atoms with Crippen molar-refractivity contribution in [1.82, 2.24) is 14.5 Å². The Bertz CT molecular complexity index is 2100. The van der Waals surface area contributed by atoms with Crippen LogP contribution in [0, 0.1) is 6.07 Å². The summed E-state index contributed by atoms with van der Waals surface area (Å²) in [6, 6.07) is 33.1. The molecule has 0 saturated heterocycles. The molecule has 0 radical (unpaired) electrons. The van der Waals surface area contributed by atoms with E-state index in [0.717, 1.165) is 44.9 Å². The molecule has 256 valence electrons. The molecule has 1 N–H and O–H groups in total. The van der Waals surface area contributed by atoms with Gasteiger partial charge in [-0.2, -0.15) is 0 Å². The predicted octanol–water partition coefficient (Wildman–Crippen LogP) is 11.8. The molecule has 0 atom stereocenters. The first kappa shape index (κ1) is 36.3. The number of rotatable bonds is 6. The van der Waals surface area contributed by atoms with E-state index < -0.39 is 0 Å². The number of aromatic nitrogens is 3. The van der Waals surface area contributed by atoms with Gasteiger partial charge in [0.05, 0.1) is 22.3 Å². The number of fused-ring (bicyclic) bond motifs is 1. The third kappa shape index (κ3) is 7.04. The number of phenols is 1. The van der Waals surface area contributed by atoms with E-state index in [1.807, 2.05) is 24.4 Å². The monoisotopic (exact) mass is 829 g/mol. The quantitative estimate of drug-likeness (QED) is 0.170. The molecule has 0 spiro atoms. The topological polar surface area (TPSA) is 50.9 Å². The molecular weight excluding hydrogens is 782 g/mol. The Hall–Kier alpha value is -4.01. The van der Waals surface area contributed by atoms with E-state index in [2.05, 4.69) is 141 Å². The van der Waals surface area contributed by atoms with Gasteiger partial charge in [-0.25, -0.2) is 4.98 Å². The van der Waals surface area contributed by atoms with Crippen LogP contribution in [0.15, 0.2) is 91.1 Å². The second kappa shape index (κ2) is 13.7. The van der Waals surface area contributed by atoms with Crippen LogP contribution in [0.1, 0.15) is 103 Å². The molecule has 4 nitrogen and oxygen atoms in total. The van der Waals surface area contributed by atoms with Gasteiger partial charge >= 0.3 is 0 Å². The molecule has 4 aromatic carbocycles. The van der Waals surface area contributed by atoms with E-state index >= 15 is 0 Å². The van der Waals surface area contributed by atoms with Crippen molar-refractivity contribution in [2.24, 2.45) is 0 Å². The fourth-order valence-electron chi connectivity index (χ4n) is 6.49. The van der Waals surface area contributed by atoms with Crippen LogP contribution in [-0.2, 0) is 31.9 Å². The molecule has 5 heteroatoms. The number of hydrogen-bond acceptors (Lipinski definition) is 3. The molecule has 49 heavy (non-hydrogen) atoms. The number of hydrogen-bond donors (Lipinski definition) is 1. The van der Waals surface area contributed by atoms with Crippen molar-refractivity contribution in [2.75, 3.05) is 0 Å². The normalized spacial score (nSPS) is 12.2. The van der Waals surface area contributed by atoms with E-state index in [0.29, 0.717) is 5.56 Å². The van der Waals surface area contributed by atoms with Crippen molar-refractivity contribution in [3.8, 4) is 45.2 Å². The van der Waals surface area contributed by atoms with Crippen molar-refractivity contribution in [3.63, 3.8) is 0 Å². The molecule has 0 fully saturated rings. The van der Waals surface area contributed by atoms with Crippen molar-refractivity contribution >= 4 is 11.0 Å². The smallest absolute Gasteiger partial charge is 0.148 e. The van der Waals surface area contributed by atoms with Gasteiger partial charge in [0, 0.05) is 33.0 Å². The Balaban J connectivity index is 0.00000468. The summed E-state index contributed by atoms with van der Waals surface area (Å²) in [6.45, 7) is 22.4. The van der Waals surface area contributed by atoms with Gasteiger partial charge in [-0.1, -0.05) is 129 Å². The summed E-state index contributed by atoms with van der Waals surface area (Å²) in [6.07, 6.45) is 1.91. The van der Waals surface area contributed by atoms with Crippen LogP contribution in [0.3, 0.4) is 0 Å². The van der Waals surface area contributed by atoms with Gasteiger partial charge in [0.1, 0.15) is 11.6 Å². The molecule has 0 aliphatic heterocycles. The average Bonchev–Trinajstić information content (AvgIpc) is 3.42. The number of phenolic OH excluding ortho intramolecular Hbond substituents is 1. The van der Waals surface area contributed by atoms with Gasteiger partial charge in [-0.3, -0.25) is 9.55 Å². The van der Waals surface area contributed by atoms with Gasteiger partial charge in [-0.15, -0.1) is 29.3 Å². The maximum absolute atomic E-state index is 11.2. The van der Waals surface area contributed by atoms with E-state index in [1.165, 1.54) is 22.3 Å². The summed E-state index contributed by atoms with van der Waals surface area (Å²) in [7, 11) is 0. The summed E-state index contributed by atoms with van der Waals surface area (Å²) in [5.74, 6) is 1.49. The second-order valence-corrected chi connectivity index (χ2v) is 15.7. The average molecular weight is 830 g/mol. The number of aromatic hydroxyl groups is 1. The maximum Gasteiger partial charge on any atom is 0.148 e. The van der Waals surface area contributed by atoms with Crippen molar-refractivity contribution in [3.05, 3.63) is 119 Å². The van der Waals surface area contributed by atoms with Crippen molar-refractivity contribution in [2.45, 2.75) is 91.9 Å². The van der Waals surface area contributed by atoms with E-state index in [-0.39, 0.29) is 49.5 Å². The predicted molar refractivity (Wildman–Crippen MR) is 201 cm³/mol. The van der Waals surface area contributed by atoms with Gasteiger partial charge in [-0.05, 0) is 63.6 Å². The molecule has 6 aromatic rings. The molecule has 6 rings (SSSR count). The second-order valence-electron chi connectivity index (χ2n) is 15.7. The number of imidazole rings is 1. The van der Waals surface area contributed by atoms with Crippen LogP contribution in [0.2, 0.25) is 0 Å². The summed E-state index contributed by atoms with van der Waals surface area (Å²) in [5, 5.41) is 11.2. The Morgan fingerprint density at radius 2 is 1.27 bits per heavy atom. The SMILES string of the molecule is CC(C)c1cccc(C(C)C)c1-n1c(-c2ccccc2O)nc2c(-c3[c-]c(-c4cc(C(C)(C)C)ccn4)cc(C(C)(C)C)c3)cccc21.[Pt]. The summed E-state index contributed by atoms with van der Waals surface area (Å²) >= 11 is 0. The van der Waals surface area contributed by atoms with Crippen LogP contribution >= 0.6 is 0 Å². The minimum atomic E-state index is -0.100. The molecule has 0 aliphatic carbocycles. The molecule has 0 bridgehead atoms. The van der Waals surface area contributed by atoms with Gasteiger partial charge in [0.25, 0.3) is 0 Å². The first-order valence-corrected chi connectivity index (χ1v) is 17.1. The first-order chi connectivity index (χ1) is 22.6. The standard InChI is InChI=1S/C44H48N3O.Pt/c1-27(2)33-16-13-17-34(28(3)4)41(33)47-38-19-14-18-35(40(38)46-42(47)36-15-11-12-20-39(36)48)29-23-30(25-32(24-29)44(8,9)10)37-26-31(21-22-45-37)43(5,6)7;/h11-22,24-28,48H,1-10H3;/q-1;. The number of nitrogens with zero attached hydrogens (tertiary/aromatic N) is 3. The molecule has 0 unspecified atom stereocenters. The zero-order valence-corrected chi connectivity index (χ0v) is 32.7. The molecule has 0 saturated carbocycles. The minimum absolute atomic E-state index is 0. The third-order valence-electron chi connectivity index (χ3n) is 9.32. The van der Waals surface area contributed by atoms with Crippen LogP contribution < -0.4 is 0 Å². The van der Waals surface area contributed by atoms with Gasteiger partial charge < -0.3 is 5.11 Å². The van der Waals surface area contributed by atoms with E-state index in [9.17, 15) is 5.11 Å². The van der Waals surface area contributed by atoms with Crippen LogP contribution in [-0.4, -0.2) is 19.6 Å². The number of para-hydroxylation sites is 3. The van der Waals surface area contributed by atoms with E-state index in [4.69, 9.17) is 9.97 Å². The molecule has 2 aromatic heterocycles. The van der Waals surface area contributed by atoms with Crippen LogP contribution in [0.25, 0.3) is 50.5 Å². The Labute approximate surface area is 306 Å². The van der Waals surface area contributed by atoms with Gasteiger partial charge in [0.15, 0.2) is 0 Å². The molecule has 0 amide bonds. The molecule has 2 heterocycles. The molecule has 0 aliphatic rings. The van der Waals surface area contributed by atoms with Crippen molar-refractivity contribution in [1.29, 1.82) is 0 Å². The maximum atomic E-state index is 11.2. The zero-order chi connectivity index (χ0) is 34.5. The Kier molecular flexibility index (Phi) is 10.2. The fraction of sp³-hybridized carbons (Fsp3) is 0.318. The first-order valence-electron chi connectivity index (χ1n) is 17.1. The number of benzene rings is 4. The largest absolute Gasteiger partial charge is 0.507 e. The Morgan fingerprint density at radius 3 is 1.88 bits per heavy atom. The minimum Gasteiger partial charge on any atom is -0.507 e. The third-order valence-corrected chi connectivity index (χ3v) is 9.32. The van der Waals surface area contributed by atoms with Crippen LogP contribution in [0.5, 0.6) is 5.75 Å². The summed E-state index contributed by atoms with van der Waals surface area (Å²) < 4.78 is 2.28. The number of pyridine rings is 1. The van der Waals surface area contributed by atoms with Crippen molar-refractivity contribution < 1.29 is 26.2 Å².